The second kappa shape index (κ2) is 2.66. The molecule has 0 atom stereocenters. The SMILES string of the molecule is C#CCC[B-](F)(F)F. The first-order valence-electron chi connectivity index (χ1n) is 2.21. The summed E-state index contributed by atoms with van der Waals surface area (Å²) in [5.74, 6) is 1.92. The predicted molar refractivity (Wildman–Crippen MR) is 27.3 cm³/mol. The van der Waals surface area contributed by atoms with E-state index in [9.17, 15) is 12.9 Å². The number of halogens is 3. The van der Waals surface area contributed by atoms with Crippen molar-refractivity contribution in [2.24, 2.45) is 0 Å². The van der Waals surface area contributed by atoms with Gasteiger partial charge in [0.25, 0.3) is 0 Å². The molecular weight excluding hydrogens is 116 g/mol. The number of terminal acetylenes is 1. The van der Waals surface area contributed by atoms with Crippen molar-refractivity contribution in [2.45, 2.75) is 12.7 Å². The summed E-state index contributed by atoms with van der Waals surface area (Å²) in [5, 5.41) is 0. The molecule has 0 N–H and O–H groups in total. The van der Waals surface area contributed by atoms with Gasteiger partial charge in [-0.25, -0.2) is 0 Å². The number of hydrogen-bond acceptors (Lipinski definition) is 0. The van der Waals surface area contributed by atoms with Crippen molar-refractivity contribution >= 4 is 6.98 Å². The molecule has 0 bridgehead atoms. The average Bonchev–Trinajstić information content (AvgIpc) is 1.59. The molecule has 8 heavy (non-hydrogen) atoms. The third-order valence-corrected chi connectivity index (χ3v) is 0.616. The van der Waals surface area contributed by atoms with Crippen molar-refractivity contribution < 1.29 is 12.9 Å². The molecule has 0 aliphatic heterocycles. The third kappa shape index (κ3) is 5.41. The number of rotatable bonds is 2. The van der Waals surface area contributed by atoms with Crippen LogP contribution in [0.1, 0.15) is 6.42 Å². The van der Waals surface area contributed by atoms with E-state index in [1.807, 2.05) is 5.92 Å². The van der Waals surface area contributed by atoms with Crippen LogP contribution in [0.25, 0.3) is 0 Å². The van der Waals surface area contributed by atoms with Crippen LogP contribution in [0, 0.1) is 12.3 Å². The molecule has 0 saturated heterocycles. The van der Waals surface area contributed by atoms with Crippen molar-refractivity contribution in [2.75, 3.05) is 0 Å². The summed E-state index contributed by atoms with van der Waals surface area (Å²) >= 11 is 0. The highest BCUT2D eigenvalue weighted by Crippen LogP contribution is 2.15. The Balaban J connectivity index is 3.28. The van der Waals surface area contributed by atoms with Gasteiger partial charge in [-0.1, -0.05) is 6.32 Å². The molecule has 0 aliphatic carbocycles. The molecule has 0 nitrogen and oxygen atoms in total. The van der Waals surface area contributed by atoms with E-state index in [1.165, 1.54) is 0 Å². The zero-order valence-corrected chi connectivity index (χ0v) is 4.20. The van der Waals surface area contributed by atoms with Gasteiger partial charge in [0.05, 0.1) is 0 Å². The van der Waals surface area contributed by atoms with E-state index >= 15 is 0 Å². The standard InChI is InChI=1S/C4H5BF3/c1-2-3-4-5(6,7)8/h1H,3-4H2/q-1. The summed E-state index contributed by atoms with van der Waals surface area (Å²) in [6.07, 6.45) is 3.60. The molecule has 0 unspecified atom stereocenters. The quantitative estimate of drug-likeness (QED) is 0.386. The van der Waals surface area contributed by atoms with E-state index < -0.39 is 13.3 Å². The minimum absolute atomic E-state index is 0.191. The summed E-state index contributed by atoms with van der Waals surface area (Å²) < 4.78 is 33.6. The second-order valence-corrected chi connectivity index (χ2v) is 1.45. The molecule has 0 aromatic carbocycles. The van der Waals surface area contributed by atoms with Crippen molar-refractivity contribution in [3.05, 3.63) is 0 Å². The average molecular weight is 121 g/mol. The van der Waals surface area contributed by atoms with Gasteiger partial charge in [-0.3, -0.25) is 0 Å². The summed E-state index contributed by atoms with van der Waals surface area (Å²) in [6.45, 7) is -4.64. The third-order valence-electron chi connectivity index (χ3n) is 0.616. The van der Waals surface area contributed by atoms with Gasteiger partial charge in [-0.05, 0) is 6.42 Å². The molecule has 0 fully saturated rings. The predicted octanol–water partition coefficient (Wildman–Crippen LogP) is 1.86. The van der Waals surface area contributed by atoms with Gasteiger partial charge in [-0.15, -0.1) is 12.3 Å². The lowest BCUT2D eigenvalue weighted by Crippen LogP contribution is -2.12. The van der Waals surface area contributed by atoms with Crippen LogP contribution in [-0.2, 0) is 0 Å². The van der Waals surface area contributed by atoms with Gasteiger partial charge < -0.3 is 12.9 Å². The smallest absolute Gasteiger partial charge is 0.449 e. The van der Waals surface area contributed by atoms with E-state index in [0.717, 1.165) is 0 Å². The van der Waals surface area contributed by atoms with E-state index in [2.05, 4.69) is 6.42 Å². The minimum atomic E-state index is -4.64. The molecule has 0 radical (unpaired) electrons. The van der Waals surface area contributed by atoms with Crippen LogP contribution in [0.4, 0.5) is 12.9 Å². The van der Waals surface area contributed by atoms with Crippen LogP contribution >= 0.6 is 0 Å². The lowest BCUT2D eigenvalue weighted by molar-refractivity contribution is 0.469. The largest absolute Gasteiger partial charge is 0.479 e. The fourth-order valence-corrected chi connectivity index (χ4v) is 0.247. The fourth-order valence-electron chi connectivity index (χ4n) is 0.247. The Hall–Kier alpha value is -0.585. The summed E-state index contributed by atoms with van der Waals surface area (Å²) in [6, 6.07) is 0. The first kappa shape index (κ1) is 7.41. The molecule has 4 heteroatoms. The van der Waals surface area contributed by atoms with E-state index in [4.69, 9.17) is 0 Å². The molecule has 0 aliphatic rings. The molecule has 0 amide bonds. The first-order valence-corrected chi connectivity index (χ1v) is 2.21. The molecule has 0 spiro atoms. The highest BCUT2D eigenvalue weighted by Gasteiger charge is 2.20. The van der Waals surface area contributed by atoms with Gasteiger partial charge in [0.1, 0.15) is 0 Å². The maximum absolute atomic E-state index is 11.2. The monoisotopic (exact) mass is 121 g/mol. The summed E-state index contributed by atoms with van der Waals surface area (Å²) in [5.41, 5.74) is 0. The topological polar surface area (TPSA) is 0 Å². The van der Waals surface area contributed by atoms with Crippen LogP contribution in [0.15, 0.2) is 0 Å². The molecule has 0 heterocycles. The summed E-state index contributed by atoms with van der Waals surface area (Å²) in [4.78, 5) is 0. The van der Waals surface area contributed by atoms with E-state index in [0.29, 0.717) is 0 Å². The van der Waals surface area contributed by atoms with Gasteiger partial charge in [0, 0.05) is 0 Å². The zero-order chi connectivity index (χ0) is 6.62. The fraction of sp³-hybridized carbons (Fsp3) is 0.500. The number of hydrogen-bond donors (Lipinski definition) is 0. The summed E-state index contributed by atoms with van der Waals surface area (Å²) in [7, 11) is 0. The van der Waals surface area contributed by atoms with E-state index in [-0.39, 0.29) is 6.42 Å². The maximum atomic E-state index is 11.2. The van der Waals surface area contributed by atoms with Crippen molar-refractivity contribution in [3.63, 3.8) is 0 Å². The zero-order valence-electron chi connectivity index (χ0n) is 4.20. The van der Waals surface area contributed by atoms with Crippen LogP contribution in [0.3, 0.4) is 0 Å². The van der Waals surface area contributed by atoms with E-state index in [1.54, 1.807) is 0 Å². The normalized spacial score (nSPS) is 10.8. The van der Waals surface area contributed by atoms with Crippen LogP contribution in [0.5, 0.6) is 0 Å². The highest BCUT2D eigenvalue weighted by molar-refractivity contribution is 6.58. The molecule has 0 saturated carbocycles. The lowest BCUT2D eigenvalue weighted by atomic mass is 9.85. The Morgan fingerprint density at radius 2 is 1.88 bits per heavy atom. The first-order chi connectivity index (χ1) is 3.56. The molecule has 0 rings (SSSR count). The lowest BCUT2D eigenvalue weighted by Gasteiger charge is -2.09. The maximum Gasteiger partial charge on any atom is 0.479 e. The van der Waals surface area contributed by atoms with Crippen LogP contribution in [0.2, 0.25) is 6.32 Å². The van der Waals surface area contributed by atoms with Gasteiger partial charge in [-0.2, -0.15) is 0 Å². The Labute approximate surface area is 46.1 Å². The molecule has 0 aromatic heterocycles. The molecule has 46 valence electrons. The Morgan fingerprint density at radius 3 is 2.00 bits per heavy atom. The van der Waals surface area contributed by atoms with Crippen molar-refractivity contribution in [1.82, 2.24) is 0 Å². The van der Waals surface area contributed by atoms with Crippen molar-refractivity contribution in [3.8, 4) is 12.3 Å². The van der Waals surface area contributed by atoms with Gasteiger partial charge in [0.2, 0.25) is 0 Å². The van der Waals surface area contributed by atoms with Crippen LogP contribution in [-0.4, -0.2) is 6.98 Å². The van der Waals surface area contributed by atoms with Crippen molar-refractivity contribution in [1.29, 1.82) is 0 Å². The Bertz CT molecular complexity index is 98.8. The second-order valence-electron chi connectivity index (χ2n) is 1.45. The van der Waals surface area contributed by atoms with Crippen LogP contribution < -0.4 is 0 Å². The minimum Gasteiger partial charge on any atom is -0.449 e. The van der Waals surface area contributed by atoms with Gasteiger partial charge in [0.15, 0.2) is 0 Å². The molecular formula is C4H5BF3-. The Morgan fingerprint density at radius 1 is 1.38 bits per heavy atom. The molecule has 0 aromatic rings. The highest BCUT2D eigenvalue weighted by atomic mass is 19.4. The Kier molecular flexibility index (Phi) is 2.46. The van der Waals surface area contributed by atoms with Gasteiger partial charge >= 0.3 is 6.98 Å².